The lowest BCUT2D eigenvalue weighted by Crippen LogP contribution is -2.30. The summed E-state index contributed by atoms with van der Waals surface area (Å²) in [4.78, 5) is 23.6. The maximum atomic E-state index is 11.1. The van der Waals surface area contributed by atoms with Crippen LogP contribution in [-0.2, 0) is 14.3 Å². The Morgan fingerprint density at radius 1 is 1.43 bits per heavy atom. The minimum atomic E-state index is -0.817. The van der Waals surface area contributed by atoms with Crippen molar-refractivity contribution in [3.05, 3.63) is 0 Å². The predicted octanol–water partition coefficient (Wildman–Crippen LogP) is -0.436. The van der Waals surface area contributed by atoms with Crippen LogP contribution in [0.2, 0.25) is 0 Å². The number of amides is 1. The summed E-state index contributed by atoms with van der Waals surface area (Å²) >= 11 is 0. The van der Waals surface area contributed by atoms with E-state index in [1.807, 2.05) is 0 Å². The molecule has 0 saturated carbocycles. The Kier molecular flexibility index (Phi) is 2.19. The van der Waals surface area contributed by atoms with Crippen LogP contribution in [0.5, 0.6) is 0 Å². The molecule has 5 nitrogen and oxygen atoms in total. The normalized spacial score (nSPS) is 35.8. The predicted molar refractivity (Wildman–Crippen MR) is 46.6 cm³/mol. The highest BCUT2D eigenvalue weighted by molar-refractivity contribution is 5.75. The minimum absolute atomic E-state index is 0.00728. The van der Waals surface area contributed by atoms with Gasteiger partial charge in [-0.25, -0.2) is 0 Å². The van der Waals surface area contributed by atoms with Crippen molar-refractivity contribution < 1.29 is 19.4 Å². The van der Waals surface area contributed by atoms with Gasteiger partial charge in [0.1, 0.15) is 0 Å². The van der Waals surface area contributed by atoms with E-state index in [9.17, 15) is 9.59 Å². The third kappa shape index (κ3) is 1.37. The van der Waals surface area contributed by atoms with E-state index in [-0.39, 0.29) is 24.5 Å². The van der Waals surface area contributed by atoms with Crippen molar-refractivity contribution in [2.24, 2.45) is 11.8 Å². The fraction of sp³-hybridized carbons (Fsp3) is 0.778. The molecule has 0 bridgehead atoms. The van der Waals surface area contributed by atoms with Crippen molar-refractivity contribution >= 4 is 11.9 Å². The maximum absolute atomic E-state index is 11.1. The molecule has 0 spiro atoms. The summed E-state index contributed by atoms with van der Waals surface area (Å²) in [6.45, 7) is 2.86. The van der Waals surface area contributed by atoms with Gasteiger partial charge >= 0.3 is 5.97 Å². The Labute approximate surface area is 81.6 Å². The van der Waals surface area contributed by atoms with Crippen LogP contribution in [0.4, 0.5) is 0 Å². The number of nitrogens with zero attached hydrogens (tertiary/aromatic N) is 1. The number of hydrogen-bond acceptors (Lipinski definition) is 3. The molecule has 2 saturated heterocycles. The van der Waals surface area contributed by atoms with Gasteiger partial charge in [0.25, 0.3) is 0 Å². The molecule has 2 rings (SSSR count). The molecule has 1 N–H and O–H groups in total. The number of carbonyl (C=O) groups excluding carboxylic acids is 1. The number of carbonyl (C=O) groups is 2. The Morgan fingerprint density at radius 3 is 2.71 bits per heavy atom. The van der Waals surface area contributed by atoms with Gasteiger partial charge in [0.2, 0.25) is 5.91 Å². The van der Waals surface area contributed by atoms with Crippen LogP contribution < -0.4 is 0 Å². The van der Waals surface area contributed by atoms with Gasteiger partial charge < -0.3 is 14.7 Å². The molecule has 1 amide bonds. The number of carboxylic acids is 1. The Bertz CT molecular complexity index is 278. The topological polar surface area (TPSA) is 66.8 Å². The van der Waals surface area contributed by atoms with Gasteiger partial charge in [-0.3, -0.25) is 9.59 Å². The molecule has 0 unspecified atom stereocenters. The first-order valence-electron chi connectivity index (χ1n) is 4.69. The molecular weight excluding hydrogens is 186 g/mol. The van der Waals surface area contributed by atoms with Crippen LogP contribution in [0.25, 0.3) is 0 Å². The van der Waals surface area contributed by atoms with Gasteiger partial charge in [0.05, 0.1) is 18.6 Å². The van der Waals surface area contributed by atoms with Gasteiger partial charge in [-0.05, 0) is 0 Å². The number of aliphatic carboxylic acids is 1. The second kappa shape index (κ2) is 3.24. The summed E-state index contributed by atoms with van der Waals surface area (Å²) in [6, 6.07) is 0. The van der Waals surface area contributed by atoms with E-state index in [0.717, 1.165) is 0 Å². The zero-order chi connectivity index (χ0) is 10.3. The lowest BCUT2D eigenvalue weighted by Gasteiger charge is -2.15. The molecule has 2 aliphatic heterocycles. The summed E-state index contributed by atoms with van der Waals surface area (Å²) in [5.41, 5.74) is 0. The van der Waals surface area contributed by atoms with Crippen LogP contribution >= 0.6 is 0 Å². The van der Waals surface area contributed by atoms with Crippen LogP contribution in [0, 0.1) is 11.8 Å². The Morgan fingerprint density at radius 2 is 2.14 bits per heavy atom. The fourth-order valence-electron chi connectivity index (χ4n) is 2.22. The van der Waals surface area contributed by atoms with Gasteiger partial charge in [-0.15, -0.1) is 0 Å². The fourth-order valence-corrected chi connectivity index (χ4v) is 2.22. The summed E-state index contributed by atoms with van der Waals surface area (Å²) in [7, 11) is 0. The van der Waals surface area contributed by atoms with Crippen molar-refractivity contribution in [3.8, 4) is 0 Å². The van der Waals surface area contributed by atoms with Crippen molar-refractivity contribution in [2.75, 3.05) is 19.7 Å². The second-order valence-corrected chi connectivity index (χ2v) is 3.90. The molecule has 0 aromatic heterocycles. The van der Waals surface area contributed by atoms with Crippen LogP contribution in [0.3, 0.4) is 0 Å². The molecule has 14 heavy (non-hydrogen) atoms. The van der Waals surface area contributed by atoms with E-state index in [1.54, 1.807) is 4.90 Å². The molecule has 0 aromatic carbocycles. The van der Waals surface area contributed by atoms with E-state index >= 15 is 0 Å². The SMILES string of the molecule is CC(=O)N1C[C@@H]2[C@H](C1)OC[C@@H]2C(=O)O. The molecule has 0 radical (unpaired) electrons. The third-order valence-corrected chi connectivity index (χ3v) is 3.08. The quantitative estimate of drug-likeness (QED) is 0.622. The number of rotatable bonds is 1. The molecule has 78 valence electrons. The zero-order valence-corrected chi connectivity index (χ0v) is 7.97. The zero-order valence-electron chi connectivity index (χ0n) is 7.97. The minimum Gasteiger partial charge on any atom is -0.481 e. The molecule has 2 heterocycles. The first-order valence-corrected chi connectivity index (χ1v) is 4.69. The second-order valence-electron chi connectivity index (χ2n) is 3.90. The number of ether oxygens (including phenoxy) is 1. The van der Waals surface area contributed by atoms with Crippen LogP contribution in [-0.4, -0.2) is 47.7 Å². The highest BCUT2D eigenvalue weighted by Crippen LogP contribution is 2.33. The average Bonchev–Trinajstić information content (AvgIpc) is 2.58. The lowest BCUT2D eigenvalue weighted by molar-refractivity contribution is -0.143. The van der Waals surface area contributed by atoms with Crippen LogP contribution in [0.1, 0.15) is 6.92 Å². The van der Waals surface area contributed by atoms with Gasteiger partial charge in [0.15, 0.2) is 0 Å². The first kappa shape index (κ1) is 9.45. The smallest absolute Gasteiger partial charge is 0.309 e. The summed E-state index contributed by atoms with van der Waals surface area (Å²) in [5, 5.41) is 8.90. The highest BCUT2D eigenvalue weighted by atomic mass is 16.5. The van der Waals surface area contributed by atoms with Gasteiger partial charge in [-0.1, -0.05) is 0 Å². The van der Waals surface area contributed by atoms with E-state index in [0.29, 0.717) is 13.1 Å². The summed E-state index contributed by atoms with van der Waals surface area (Å²) in [6.07, 6.45) is -0.0694. The van der Waals surface area contributed by atoms with Gasteiger partial charge in [0, 0.05) is 25.9 Å². The molecule has 0 aromatic rings. The molecular formula is C9H13NO4. The first-order chi connectivity index (χ1) is 6.59. The van der Waals surface area contributed by atoms with Gasteiger partial charge in [-0.2, -0.15) is 0 Å². The Balaban J connectivity index is 2.06. The average molecular weight is 199 g/mol. The number of likely N-dealkylation sites (tertiary alicyclic amines) is 1. The van der Waals surface area contributed by atoms with Crippen molar-refractivity contribution in [1.82, 2.24) is 4.90 Å². The van der Waals surface area contributed by atoms with Crippen molar-refractivity contribution in [3.63, 3.8) is 0 Å². The van der Waals surface area contributed by atoms with E-state index in [2.05, 4.69) is 0 Å². The molecule has 0 aliphatic carbocycles. The van der Waals surface area contributed by atoms with Crippen molar-refractivity contribution in [2.45, 2.75) is 13.0 Å². The number of carboxylic acid groups (broad SMARTS) is 1. The highest BCUT2D eigenvalue weighted by Gasteiger charge is 2.47. The monoisotopic (exact) mass is 199 g/mol. The molecule has 2 aliphatic rings. The molecule has 5 heteroatoms. The molecule has 3 atom stereocenters. The number of fused-ring (bicyclic) bond motifs is 1. The standard InChI is InChI=1S/C9H13NO4/c1-5(11)10-2-6-7(9(12)13)4-14-8(6)3-10/h6-8H,2-4H2,1H3,(H,12,13)/t6-,7-,8-/m0/s1. The van der Waals surface area contributed by atoms with Crippen molar-refractivity contribution in [1.29, 1.82) is 0 Å². The maximum Gasteiger partial charge on any atom is 0.309 e. The Hall–Kier alpha value is -1.10. The summed E-state index contributed by atoms with van der Waals surface area (Å²) < 4.78 is 5.36. The van der Waals surface area contributed by atoms with E-state index < -0.39 is 11.9 Å². The number of hydrogen-bond donors (Lipinski definition) is 1. The van der Waals surface area contributed by atoms with E-state index in [4.69, 9.17) is 9.84 Å². The summed E-state index contributed by atoms with van der Waals surface area (Å²) in [5.74, 6) is -1.28. The lowest BCUT2D eigenvalue weighted by atomic mass is 9.93. The molecule has 2 fully saturated rings. The van der Waals surface area contributed by atoms with E-state index in [1.165, 1.54) is 6.92 Å². The van der Waals surface area contributed by atoms with Crippen LogP contribution in [0.15, 0.2) is 0 Å². The third-order valence-electron chi connectivity index (χ3n) is 3.08. The largest absolute Gasteiger partial charge is 0.481 e.